The van der Waals surface area contributed by atoms with Crippen molar-refractivity contribution in [2.75, 3.05) is 19.6 Å². The van der Waals surface area contributed by atoms with Gasteiger partial charge in [0.15, 0.2) is 0 Å². The zero-order valence-electron chi connectivity index (χ0n) is 10.2. The van der Waals surface area contributed by atoms with Crippen molar-refractivity contribution in [3.05, 3.63) is 12.2 Å². The summed E-state index contributed by atoms with van der Waals surface area (Å²) in [7, 11) is 1.97. The first kappa shape index (κ1) is 11.5. The molecule has 0 unspecified atom stereocenters. The van der Waals surface area contributed by atoms with E-state index in [2.05, 4.69) is 27.3 Å². The monoisotopic (exact) mass is 223 g/mol. The predicted molar refractivity (Wildman–Crippen MR) is 63.0 cm³/mol. The molecule has 5 nitrogen and oxygen atoms in total. The fraction of sp³-hybridized carbons (Fsp3) is 0.818. The molecule has 1 N–H and O–H groups in total. The molecular formula is C11H21N5. The molecule has 5 heteroatoms. The zero-order chi connectivity index (χ0) is 11.4. The third-order valence-electron chi connectivity index (χ3n) is 3.13. The normalized spacial score (nSPS) is 15.9. The van der Waals surface area contributed by atoms with Crippen LogP contribution in [0, 0.1) is 0 Å². The lowest BCUT2D eigenvalue weighted by Gasteiger charge is -2.19. The Morgan fingerprint density at radius 2 is 2.38 bits per heavy atom. The SMILES string of the molecule is CCN(CCNCc1nncn1C)C1CC1. The first-order chi connectivity index (χ1) is 7.81. The molecule has 0 amide bonds. The zero-order valence-corrected chi connectivity index (χ0v) is 10.2. The molecule has 1 heterocycles. The molecule has 0 aromatic carbocycles. The van der Waals surface area contributed by atoms with Crippen molar-refractivity contribution >= 4 is 0 Å². The summed E-state index contributed by atoms with van der Waals surface area (Å²) in [4.78, 5) is 2.55. The van der Waals surface area contributed by atoms with Gasteiger partial charge in [-0.2, -0.15) is 0 Å². The van der Waals surface area contributed by atoms with Gasteiger partial charge in [0, 0.05) is 26.2 Å². The van der Waals surface area contributed by atoms with Gasteiger partial charge in [-0.05, 0) is 19.4 Å². The molecule has 1 aliphatic rings. The van der Waals surface area contributed by atoms with Gasteiger partial charge >= 0.3 is 0 Å². The van der Waals surface area contributed by atoms with Gasteiger partial charge in [-0.3, -0.25) is 4.90 Å². The molecule has 2 rings (SSSR count). The molecule has 16 heavy (non-hydrogen) atoms. The van der Waals surface area contributed by atoms with E-state index in [4.69, 9.17) is 0 Å². The lowest BCUT2D eigenvalue weighted by atomic mass is 10.4. The van der Waals surface area contributed by atoms with Crippen molar-refractivity contribution in [1.29, 1.82) is 0 Å². The predicted octanol–water partition coefficient (Wildman–Crippen LogP) is 0.389. The maximum absolute atomic E-state index is 4.04. The molecule has 1 fully saturated rings. The number of nitrogens with zero attached hydrogens (tertiary/aromatic N) is 4. The molecule has 0 spiro atoms. The Labute approximate surface area is 96.8 Å². The van der Waals surface area contributed by atoms with Crippen molar-refractivity contribution < 1.29 is 0 Å². The third kappa shape index (κ3) is 3.02. The van der Waals surface area contributed by atoms with E-state index in [-0.39, 0.29) is 0 Å². The number of aromatic nitrogens is 3. The van der Waals surface area contributed by atoms with Gasteiger partial charge in [0.25, 0.3) is 0 Å². The van der Waals surface area contributed by atoms with Crippen LogP contribution in [0.15, 0.2) is 6.33 Å². The molecule has 0 bridgehead atoms. The molecule has 0 radical (unpaired) electrons. The molecule has 1 saturated carbocycles. The summed E-state index contributed by atoms with van der Waals surface area (Å²) >= 11 is 0. The third-order valence-corrected chi connectivity index (χ3v) is 3.13. The van der Waals surface area contributed by atoms with Crippen LogP contribution in [0.1, 0.15) is 25.6 Å². The summed E-state index contributed by atoms with van der Waals surface area (Å²) in [6.45, 7) is 6.37. The maximum atomic E-state index is 4.04. The smallest absolute Gasteiger partial charge is 0.146 e. The molecule has 1 aliphatic carbocycles. The van der Waals surface area contributed by atoms with Gasteiger partial charge in [-0.15, -0.1) is 10.2 Å². The second kappa shape index (κ2) is 5.41. The minimum atomic E-state index is 0.804. The Morgan fingerprint density at radius 3 is 2.94 bits per heavy atom. The van der Waals surface area contributed by atoms with Crippen LogP contribution in [0.2, 0.25) is 0 Å². The van der Waals surface area contributed by atoms with Gasteiger partial charge in [0.2, 0.25) is 0 Å². The van der Waals surface area contributed by atoms with Crippen LogP contribution in [-0.2, 0) is 13.6 Å². The topological polar surface area (TPSA) is 46.0 Å². The van der Waals surface area contributed by atoms with Gasteiger partial charge in [-0.25, -0.2) is 0 Å². The minimum Gasteiger partial charge on any atom is -0.320 e. The van der Waals surface area contributed by atoms with E-state index in [1.54, 1.807) is 6.33 Å². The number of aryl methyl sites for hydroxylation is 1. The number of nitrogens with one attached hydrogen (secondary N) is 1. The van der Waals surface area contributed by atoms with Crippen LogP contribution in [0.4, 0.5) is 0 Å². The average molecular weight is 223 g/mol. The highest BCUT2D eigenvalue weighted by Crippen LogP contribution is 2.25. The van der Waals surface area contributed by atoms with Gasteiger partial charge in [0.05, 0.1) is 6.54 Å². The van der Waals surface area contributed by atoms with Crippen LogP contribution >= 0.6 is 0 Å². The van der Waals surface area contributed by atoms with Crippen LogP contribution < -0.4 is 5.32 Å². The van der Waals surface area contributed by atoms with Crippen LogP contribution in [0.3, 0.4) is 0 Å². The van der Waals surface area contributed by atoms with E-state index < -0.39 is 0 Å². The highest BCUT2D eigenvalue weighted by Gasteiger charge is 2.26. The Kier molecular flexibility index (Phi) is 3.90. The highest BCUT2D eigenvalue weighted by atomic mass is 15.3. The molecule has 90 valence electrons. The number of likely N-dealkylation sites (N-methyl/N-ethyl adjacent to an activating group) is 1. The second-order valence-corrected chi connectivity index (χ2v) is 4.39. The summed E-state index contributed by atoms with van der Waals surface area (Å²) in [6.07, 6.45) is 4.51. The quantitative estimate of drug-likeness (QED) is 0.679. The molecule has 0 atom stereocenters. The minimum absolute atomic E-state index is 0.804. The number of rotatable bonds is 7. The molecule has 0 saturated heterocycles. The molecule has 1 aromatic heterocycles. The fourth-order valence-corrected chi connectivity index (χ4v) is 1.93. The highest BCUT2D eigenvalue weighted by molar-refractivity contribution is 4.85. The van der Waals surface area contributed by atoms with Crippen molar-refractivity contribution in [2.45, 2.75) is 32.4 Å². The first-order valence-corrected chi connectivity index (χ1v) is 6.09. The summed E-state index contributed by atoms with van der Waals surface area (Å²) in [5.74, 6) is 0.995. The lowest BCUT2D eigenvalue weighted by Crippen LogP contribution is -2.33. The van der Waals surface area contributed by atoms with Crippen molar-refractivity contribution in [1.82, 2.24) is 25.0 Å². The molecule has 1 aromatic rings. The maximum Gasteiger partial charge on any atom is 0.146 e. The van der Waals surface area contributed by atoms with Gasteiger partial charge in [-0.1, -0.05) is 6.92 Å². The van der Waals surface area contributed by atoms with E-state index in [1.165, 1.54) is 12.8 Å². The standard InChI is InChI=1S/C11H21N5/c1-3-16(10-4-5-10)7-6-12-8-11-14-13-9-15(11)2/h9-10,12H,3-8H2,1-2H3. The molecule has 0 aliphatic heterocycles. The van der Waals surface area contributed by atoms with Crippen molar-refractivity contribution in [2.24, 2.45) is 7.05 Å². The van der Waals surface area contributed by atoms with E-state index in [1.807, 2.05) is 11.6 Å². The van der Waals surface area contributed by atoms with Gasteiger partial charge in [0.1, 0.15) is 12.2 Å². The van der Waals surface area contributed by atoms with E-state index in [0.29, 0.717) is 0 Å². The van der Waals surface area contributed by atoms with Crippen LogP contribution in [-0.4, -0.2) is 45.3 Å². The van der Waals surface area contributed by atoms with Crippen molar-refractivity contribution in [3.63, 3.8) is 0 Å². The van der Waals surface area contributed by atoms with Gasteiger partial charge < -0.3 is 9.88 Å². The Hall–Kier alpha value is -0.940. The largest absolute Gasteiger partial charge is 0.320 e. The summed E-state index contributed by atoms with van der Waals surface area (Å²) < 4.78 is 1.95. The first-order valence-electron chi connectivity index (χ1n) is 6.09. The summed E-state index contributed by atoms with van der Waals surface area (Å²) in [6, 6.07) is 0.863. The average Bonchev–Trinajstić information content (AvgIpc) is 3.04. The van der Waals surface area contributed by atoms with E-state index >= 15 is 0 Å². The fourth-order valence-electron chi connectivity index (χ4n) is 1.93. The van der Waals surface area contributed by atoms with E-state index in [0.717, 1.165) is 38.0 Å². The lowest BCUT2D eigenvalue weighted by molar-refractivity contribution is 0.276. The summed E-state index contributed by atoms with van der Waals surface area (Å²) in [5.41, 5.74) is 0. The second-order valence-electron chi connectivity index (χ2n) is 4.39. The van der Waals surface area contributed by atoms with Crippen LogP contribution in [0.5, 0.6) is 0 Å². The Bertz CT molecular complexity index is 318. The Balaban J connectivity index is 1.62. The molecular weight excluding hydrogens is 202 g/mol. The van der Waals surface area contributed by atoms with E-state index in [9.17, 15) is 0 Å². The number of hydrogen-bond donors (Lipinski definition) is 1. The Morgan fingerprint density at radius 1 is 1.56 bits per heavy atom. The summed E-state index contributed by atoms with van der Waals surface area (Å²) in [5, 5.41) is 11.3. The van der Waals surface area contributed by atoms with Crippen LogP contribution in [0.25, 0.3) is 0 Å². The van der Waals surface area contributed by atoms with Crippen molar-refractivity contribution in [3.8, 4) is 0 Å². The number of hydrogen-bond acceptors (Lipinski definition) is 4.